The molecule has 35 heavy (non-hydrogen) atoms. The van der Waals surface area contributed by atoms with E-state index >= 15 is 0 Å². The summed E-state index contributed by atoms with van der Waals surface area (Å²) < 4.78 is 55.3. The molecule has 12 heteroatoms. The Kier molecular flexibility index (Phi) is 6.47. The van der Waals surface area contributed by atoms with E-state index in [1.54, 1.807) is 24.3 Å². The standard InChI is InChI=1S/C23H18F2N4O5S/c24-14-5-10-18(25)20(13-14)35(33,34)28-16-8-6-15(7-9-16)26-21(30)11-12-29-19-4-2-1-3-17(19)22(31)27-23(29)32/h1-10,13,28H,11-12H2,(H,26,30)(H,27,31,32). The Morgan fingerprint density at radius 2 is 1.63 bits per heavy atom. The molecule has 1 amide bonds. The van der Waals surface area contributed by atoms with E-state index in [4.69, 9.17) is 0 Å². The quantitative estimate of drug-likeness (QED) is 0.359. The van der Waals surface area contributed by atoms with E-state index in [1.807, 2.05) is 0 Å². The third-order valence-electron chi connectivity index (χ3n) is 5.07. The zero-order chi connectivity index (χ0) is 25.2. The van der Waals surface area contributed by atoms with Crippen LogP contribution in [-0.4, -0.2) is 23.9 Å². The van der Waals surface area contributed by atoms with Crippen molar-refractivity contribution < 1.29 is 22.0 Å². The molecule has 1 aromatic heterocycles. The third kappa shape index (κ3) is 5.27. The van der Waals surface area contributed by atoms with E-state index in [2.05, 4.69) is 15.0 Å². The second-order valence-electron chi connectivity index (χ2n) is 7.48. The second-order valence-corrected chi connectivity index (χ2v) is 9.13. The summed E-state index contributed by atoms with van der Waals surface area (Å²) in [5.74, 6) is -2.43. The van der Waals surface area contributed by atoms with Gasteiger partial charge in [0.25, 0.3) is 15.6 Å². The number of nitrogens with zero attached hydrogens (tertiary/aromatic N) is 1. The second kappa shape index (κ2) is 9.50. The van der Waals surface area contributed by atoms with Gasteiger partial charge in [0.2, 0.25) is 5.91 Å². The number of nitrogens with one attached hydrogen (secondary N) is 3. The summed E-state index contributed by atoms with van der Waals surface area (Å²) in [6.07, 6.45) is -0.0802. The summed E-state index contributed by atoms with van der Waals surface area (Å²) in [4.78, 5) is 37.9. The number of aromatic amines is 1. The van der Waals surface area contributed by atoms with E-state index in [9.17, 15) is 31.6 Å². The minimum Gasteiger partial charge on any atom is -0.326 e. The largest absolute Gasteiger partial charge is 0.328 e. The van der Waals surface area contributed by atoms with Crippen LogP contribution < -0.4 is 21.3 Å². The predicted octanol–water partition coefficient (Wildman–Crippen LogP) is 2.80. The molecule has 4 aromatic rings. The van der Waals surface area contributed by atoms with Gasteiger partial charge in [-0.15, -0.1) is 0 Å². The molecular formula is C23H18F2N4O5S. The molecule has 0 unspecified atom stereocenters. The first-order chi connectivity index (χ1) is 16.6. The fourth-order valence-electron chi connectivity index (χ4n) is 3.42. The molecule has 0 atom stereocenters. The minimum atomic E-state index is -4.38. The van der Waals surface area contributed by atoms with Crippen LogP contribution in [0.3, 0.4) is 0 Å². The molecular weight excluding hydrogens is 482 g/mol. The number of fused-ring (bicyclic) bond motifs is 1. The number of carbonyl (C=O) groups is 1. The molecule has 0 aliphatic carbocycles. The highest BCUT2D eigenvalue weighted by atomic mass is 32.2. The molecule has 0 saturated heterocycles. The lowest BCUT2D eigenvalue weighted by Crippen LogP contribution is -2.31. The SMILES string of the molecule is O=C(CCn1c(=O)[nH]c(=O)c2ccccc21)Nc1ccc(NS(=O)(=O)c2cc(F)ccc2F)cc1. The van der Waals surface area contributed by atoms with E-state index in [0.717, 1.165) is 6.07 Å². The maximum Gasteiger partial charge on any atom is 0.328 e. The van der Waals surface area contributed by atoms with Crippen LogP contribution in [0.15, 0.2) is 81.2 Å². The highest BCUT2D eigenvalue weighted by molar-refractivity contribution is 7.92. The van der Waals surface area contributed by atoms with Crippen molar-refractivity contribution in [2.24, 2.45) is 0 Å². The Balaban J connectivity index is 1.42. The van der Waals surface area contributed by atoms with Crippen molar-refractivity contribution >= 4 is 38.2 Å². The molecule has 180 valence electrons. The molecule has 0 fully saturated rings. The number of aryl methyl sites for hydroxylation is 1. The minimum absolute atomic E-state index is 0.0129. The zero-order valence-electron chi connectivity index (χ0n) is 17.9. The van der Waals surface area contributed by atoms with Gasteiger partial charge < -0.3 is 5.32 Å². The normalized spacial score (nSPS) is 11.4. The van der Waals surface area contributed by atoms with Gasteiger partial charge >= 0.3 is 5.69 Å². The van der Waals surface area contributed by atoms with E-state index < -0.39 is 43.7 Å². The van der Waals surface area contributed by atoms with Gasteiger partial charge in [0.05, 0.1) is 10.9 Å². The first kappa shape index (κ1) is 23.8. The fourth-order valence-corrected chi connectivity index (χ4v) is 4.56. The van der Waals surface area contributed by atoms with Crippen LogP contribution in [0.5, 0.6) is 0 Å². The van der Waals surface area contributed by atoms with Gasteiger partial charge in [-0.05, 0) is 54.6 Å². The number of aromatic nitrogens is 2. The Morgan fingerprint density at radius 1 is 0.943 bits per heavy atom. The van der Waals surface area contributed by atoms with Gasteiger partial charge in [-0.1, -0.05) is 12.1 Å². The molecule has 0 aliphatic rings. The first-order valence-corrected chi connectivity index (χ1v) is 11.7. The molecule has 1 heterocycles. The summed E-state index contributed by atoms with van der Waals surface area (Å²) in [6, 6.07) is 14.1. The Hall–Kier alpha value is -4.32. The maximum atomic E-state index is 13.8. The van der Waals surface area contributed by atoms with Gasteiger partial charge in [-0.25, -0.2) is 22.0 Å². The molecule has 3 N–H and O–H groups in total. The average molecular weight is 500 g/mol. The molecule has 4 rings (SSSR count). The summed E-state index contributed by atoms with van der Waals surface area (Å²) in [7, 11) is -4.38. The van der Waals surface area contributed by atoms with E-state index in [0.29, 0.717) is 28.7 Å². The van der Waals surface area contributed by atoms with Crippen LogP contribution in [0.25, 0.3) is 10.9 Å². The van der Waals surface area contributed by atoms with E-state index in [1.165, 1.54) is 28.8 Å². The predicted molar refractivity (Wildman–Crippen MR) is 126 cm³/mol. The highest BCUT2D eigenvalue weighted by Gasteiger charge is 2.20. The van der Waals surface area contributed by atoms with E-state index in [-0.39, 0.29) is 18.7 Å². The van der Waals surface area contributed by atoms with Crippen molar-refractivity contribution in [3.63, 3.8) is 0 Å². The number of H-pyrrole nitrogens is 1. The topological polar surface area (TPSA) is 130 Å². The first-order valence-electron chi connectivity index (χ1n) is 10.2. The molecule has 9 nitrogen and oxygen atoms in total. The van der Waals surface area contributed by atoms with Gasteiger partial charge in [0.15, 0.2) is 0 Å². The van der Waals surface area contributed by atoms with Crippen molar-refractivity contribution in [2.75, 3.05) is 10.0 Å². The maximum absolute atomic E-state index is 13.8. The van der Waals surface area contributed by atoms with Gasteiger partial charge in [0, 0.05) is 24.3 Å². The Labute approximate surface area is 197 Å². The number of amides is 1. The third-order valence-corrected chi connectivity index (χ3v) is 6.47. The van der Waals surface area contributed by atoms with Crippen molar-refractivity contribution in [3.05, 3.63) is 99.2 Å². The lowest BCUT2D eigenvalue weighted by Gasteiger charge is -2.11. The lowest BCUT2D eigenvalue weighted by atomic mass is 10.2. The number of halogens is 2. The molecule has 0 bridgehead atoms. The highest BCUT2D eigenvalue weighted by Crippen LogP contribution is 2.21. The van der Waals surface area contributed by atoms with Gasteiger partial charge in [-0.2, -0.15) is 0 Å². The van der Waals surface area contributed by atoms with Crippen molar-refractivity contribution in [1.82, 2.24) is 9.55 Å². The number of sulfonamides is 1. The molecule has 0 radical (unpaired) electrons. The van der Waals surface area contributed by atoms with Gasteiger partial charge in [0.1, 0.15) is 16.5 Å². The van der Waals surface area contributed by atoms with Crippen molar-refractivity contribution in [1.29, 1.82) is 0 Å². The Bertz CT molecular complexity index is 1650. The number of para-hydroxylation sites is 1. The summed E-state index contributed by atoms with van der Waals surface area (Å²) >= 11 is 0. The number of rotatable bonds is 7. The fraction of sp³-hybridized carbons (Fsp3) is 0.0870. The van der Waals surface area contributed by atoms with Crippen LogP contribution in [0.1, 0.15) is 6.42 Å². The van der Waals surface area contributed by atoms with Crippen molar-refractivity contribution in [2.45, 2.75) is 17.9 Å². The zero-order valence-corrected chi connectivity index (χ0v) is 18.7. The van der Waals surface area contributed by atoms with Gasteiger partial charge in [-0.3, -0.25) is 23.9 Å². The van der Waals surface area contributed by atoms with Crippen LogP contribution in [0.2, 0.25) is 0 Å². The van der Waals surface area contributed by atoms with Crippen LogP contribution >= 0.6 is 0 Å². The van der Waals surface area contributed by atoms with Crippen LogP contribution in [0.4, 0.5) is 20.2 Å². The number of benzene rings is 3. The Morgan fingerprint density at radius 3 is 2.37 bits per heavy atom. The number of hydrogen-bond donors (Lipinski definition) is 3. The number of hydrogen-bond acceptors (Lipinski definition) is 5. The van der Waals surface area contributed by atoms with Crippen LogP contribution in [-0.2, 0) is 21.4 Å². The molecule has 0 saturated carbocycles. The number of anilines is 2. The smallest absolute Gasteiger partial charge is 0.326 e. The summed E-state index contributed by atoms with van der Waals surface area (Å²) in [5.41, 5.74) is -0.332. The lowest BCUT2D eigenvalue weighted by molar-refractivity contribution is -0.116. The molecule has 0 aliphatic heterocycles. The molecule has 3 aromatic carbocycles. The average Bonchev–Trinajstić information content (AvgIpc) is 2.81. The summed E-state index contributed by atoms with van der Waals surface area (Å²) in [5, 5.41) is 2.94. The number of carbonyl (C=O) groups excluding carboxylic acids is 1. The van der Waals surface area contributed by atoms with Crippen molar-refractivity contribution in [3.8, 4) is 0 Å². The monoisotopic (exact) mass is 500 g/mol. The van der Waals surface area contributed by atoms with Crippen LogP contribution in [0, 0.1) is 11.6 Å². The molecule has 0 spiro atoms. The summed E-state index contributed by atoms with van der Waals surface area (Å²) in [6.45, 7) is 0.0129.